The zero-order valence-corrected chi connectivity index (χ0v) is 11.9. The average molecular weight is 299 g/mol. The molecule has 0 aromatic heterocycles. The molecule has 0 heterocycles. The van der Waals surface area contributed by atoms with Crippen molar-refractivity contribution in [2.75, 3.05) is 6.54 Å². The molecule has 94 valence electrons. The van der Waals surface area contributed by atoms with Gasteiger partial charge in [-0.05, 0) is 31.0 Å². The van der Waals surface area contributed by atoms with Crippen LogP contribution in [0.2, 0.25) is 0 Å². The lowest BCUT2D eigenvalue weighted by molar-refractivity contribution is 0.0942. The summed E-state index contributed by atoms with van der Waals surface area (Å²) in [7, 11) is 0. The van der Waals surface area contributed by atoms with Crippen molar-refractivity contribution in [3.63, 3.8) is 0 Å². The second-order valence-corrected chi connectivity index (χ2v) is 5.18. The Kier molecular flexibility index (Phi) is 5.15. The van der Waals surface area contributed by atoms with Gasteiger partial charge in [-0.25, -0.2) is 0 Å². The van der Waals surface area contributed by atoms with Crippen LogP contribution in [0.3, 0.4) is 0 Å². The smallest absolute Gasteiger partial charge is 0.251 e. The van der Waals surface area contributed by atoms with Crippen molar-refractivity contribution in [2.45, 2.75) is 32.2 Å². The molecule has 1 aromatic carbocycles. The standard InChI is InChI=1S/C13H19BrN2O/c1-3-13(15,4-2)9-16-12(17)10-6-5-7-11(14)8-10/h5-8H,3-4,9,15H2,1-2H3,(H,16,17). The molecule has 0 aliphatic heterocycles. The van der Waals surface area contributed by atoms with Gasteiger partial charge in [0.05, 0.1) is 0 Å². The summed E-state index contributed by atoms with van der Waals surface area (Å²) in [4.78, 5) is 11.9. The van der Waals surface area contributed by atoms with Crippen LogP contribution in [0.25, 0.3) is 0 Å². The molecule has 0 radical (unpaired) electrons. The minimum atomic E-state index is -0.304. The van der Waals surface area contributed by atoms with Crippen molar-refractivity contribution in [1.29, 1.82) is 0 Å². The summed E-state index contributed by atoms with van der Waals surface area (Å²) >= 11 is 3.34. The topological polar surface area (TPSA) is 55.1 Å². The summed E-state index contributed by atoms with van der Waals surface area (Å²) in [5.41, 5.74) is 6.47. The van der Waals surface area contributed by atoms with Crippen molar-refractivity contribution in [1.82, 2.24) is 5.32 Å². The number of nitrogens with one attached hydrogen (secondary N) is 1. The highest BCUT2D eigenvalue weighted by molar-refractivity contribution is 9.10. The Balaban J connectivity index is 2.62. The van der Waals surface area contributed by atoms with Crippen LogP contribution in [0, 0.1) is 0 Å². The fourth-order valence-corrected chi connectivity index (χ4v) is 1.89. The molecule has 0 atom stereocenters. The van der Waals surface area contributed by atoms with Crippen LogP contribution in [0.15, 0.2) is 28.7 Å². The Bertz CT molecular complexity index is 389. The van der Waals surface area contributed by atoms with Gasteiger partial charge in [0.1, 0.15) is 0 Å². The Morgan fingerprint density at radius 3 is 2.59 bits per heavy atom. The quantitative estimate of drug-likeness (QED) is 0.878. The van der Waals surface area contributed by atoms with Crippen LogP contribution in [0.5, 0.6) is 0 Å². The first-order valence-corrected chi connectivity index (χ1v) is 6.62. The lowest BCUT2D eigenvalue weighted by atomic mass is 9.94. The normalized spacial score (nSPS) is 11.3. The zero-order chi connectivity index (χ0) is 12.9. The summed E-state index contributed by atoms with van der Waals surface area (Å²) in [6.45, 7) is 4.58. The molecule has 0 aliphatic rings. The van der Waals surface area contributed by atoms with Gasteiger partial charge in [0.2, 0.25) is 0 Å². The van der Waals surface area contributed by atoms with Crippen LogP contribution in [-0.2, 0) is 0 Å². The van der Waals surface area contributed by atoms with Gasteiger partial charge in [0, 0.05) is 22.1 Å². The number of rotatable bonds is 5. The van der Waals surface area contributed by atoms with E-state index in [2.05, 4.69) is 21.2 Å². The van der Waals surface area contributed by atoms with Gasteiger partial charge >= 0.3 is 0 Å². The molecule has 1 aromatic rings. The molecule has 0 bridgehead atoms. The number of benzene rings is 1. The second-order valence-electron chi connectivity index (χ2n) is 4.26. The first kappa shape index (κ1) is 14.2. The molecule has 1 rings (SSSR count). The third kappa shape index (κ3) is 4.13. The van der Waals surface area contributed by atoms with Crippen molar-refractivity contribution in [3.8, 4) is 0 Å². The van der Waals surface area contributed by atoms with E-state index in [-0.39, 0.29) is 11.4 Å². The fourth-order valence-electron chi connectivity index (χ4n) is 1.49. The minimum absolute atomic E-state index is 0.0805. The molecule has 4 heteroatoms. The number of amides is 1. The first-order valence-electron chi connectivity index (χ1n) is 5.83. The molecule has 0 saturated heterocycles. The van der Waals surface area contributed by atoms with Gasteiger partial charge in [-0.2, -0.15) is 0 Å². The van der Waals surface area contributed by atoms with E-state index in [0.29, 0.717) is 12.1 Å². The van der Waals surface area contributed by atoms with Crippen molar-refractivity contribution in [3.05, 3.63) is 34.3 Å². The van der Waals surface area contributed by atoms with Crippen molar-refractivity contribution in [2.24, 2.45) is 5.73 Å². The summed E-state index contributed by atoms with van der Waals surface area (Å²) in [6, 6.07) is 7.32. The van der Waals surface area contributed by atoms with Gasteiger partial charge in [-0.1, -0.05) is 35.8 Å². The molecule has 0 aliphatic carbocycles. The van der Waals surface area contributed by atoms with Crippen molar-refractivity contribution < 1.29 is 4.79 Å². The summed E-state index contributed by atoms with van der Waals surface area (Å²) in [6.07, 6.45) is 1.70. The highest BCUT2D eigenvalue weighted by atomic mass is 79.9. The predicted molar refractivity (Wildman–Crippen MR) is 74.0 cm³/mol. The van der Waals surface area contributed by atoms with E-state index in [1.54, 1.807) is 12.1 Å². The molecule has 0 fully saturated rings. The van der Waals surface area contributed by atoms with E-state index >= 15 is 0 Å². The Morgan fingerprint density at radius 1 is 1.41 bits per heavy atom. The number of hydrogen-bond donors (Lipinski definition) is 2. The van der Waals surface area contributed by atoms with E-state index in [1.165, 1.54) is 0 Å². The number of hydrogen-bond acceptors (Lipinski definition) is 2. The summed E-state index contributed by atoms with van der Waals surface area (Å²) < 4.78 is 0.898. The lowest BCUT2D eigenvalue weighted by Gasteiger charge is -2.26. The maximum Gasteiger partial charge on any atom is 0.251 e. The molecule has 0 spiro atoms. The highest BCUT2D eigenvalue weighted by Crippen LogP contribution is 2.13. The fraction of sp³-hybridized carbons (Fsp3) is 0.462. The predicted octanol–water partition coefficient (Wildman–Crippen LogP) is 2.70. The van der Waals surface area contributed by atoms with Crippen LogP contribution >= 0.6 is 15.9 Å². The Morgan fingerprint density at radius 2 is 2.06 bits per heavy atom. The zero-order valence-electron chi connectivity index (χ0n) is 10.3. The molecule has 17 heavy (non-hydrogen) atoms. The van der Waals surface area contributed by atoms with Gasteiger partial charge in [-0.3, -0.25) is 4.79 Å². The van der Waals surface area contributed by atoms with Crippen molar-refractivity contribution >= 4 is 21.8 Å². The Labute approximate surface area is 111 Å². The highest BCUT2D eigenvalue weighted by Gasteiger charge is 2.21. The van der Waals surface area contributed by atoms with Gasteiger partial charge in [0.25, 0.3) is 5.91 Å². The van der Waals surface area contributed by atoms with E-state index in [1.807, 2.05) is 26.0 Å². The summed E-state index contributed by atoms with van der Waals surface area (Å²) in [5, 5.41) is 2.88. The molecular formula is C13H19BrN2O. The first-order chi connectivity index (χ1) is 8.00. The molecule has 3 N–H and O–H groups in total. The van der Waals surface area contributed by atoms with Crippen LogP contribution in [0.4, 0.5) is 0 Å². The molecule has 0 unspecified atom stereocenters. The SMILES string of the molecule is CCC(N)(CC)CNC(=O)c1cccc(Br)c1. The Hall–Kier alpha value is -0.870. The monoisotopic (exact) mass is 298 g/mol. The molecule has 1 amide bonds. The number of nitrogens with two attached hydrogens (primary N) is 1. The van der Waals surface area contributed by atoms with E-state index in [4.69, 9.17) is 5.73 Å². The third-order valence-electron chi connectivity index (χ3n) is 3.10. The van der Waals surface area contributed by atoms with Gasteiger partial charge in [0.15, 0.2) is 0 Å². The van der Waals surface area contributed by atoms with E-state index in [0.717, 1.165) is 17.3 Å². The number of carbonyl (C=O) groups is 1. The van der Waals surface area contributed by atoms with E-state index in [9.17, 15) is 4.79 Å². The third-order valence-corrected chi connectivity index (χ3v) is 3.59. The lowest BCUT2D eigenvalue weighted by Crippen LogP contribution is -2.49. The van der Waals surface area contributed by atoms with Crippen LogP contribution in [0.1, 0.15) is 37.0 Å². The molecule has 0 saturated carbocycles. The maximum absolute atomic E-state index is 11.9. The van der Waals surface area contributed by atoms with Gasteiger partial charge in [-0.15, -0.1) is 0 Å². The van der Waals surface area contributed by atoms with Gasteiger partial charge < -0.3 is 11.1 Å². The maximum atomic E-state index is 11.9. The van der Waals surface area contributed by atoms with Crippen LogP contribution < -0.4 is 11.1 Å². The molecular weight excluding hydrogens is 280 g/mol. The second kappa shape index (κ2) is 6.17. The average Bonchev–Trinajstić information content (AvgIpc) is 2.35. The molecule has 3 nitrogen and oxygen atoms in total. The van der Waals surface area contributed by atoms with Crippen LogP contribution in [-0.4, -0.2) is 18.0 Å². The summed E-state index contributed by atoms with van der Waals surface area (Å²) in [5.74, 6) is -0.0805. The van der Waals surface area contributed by atoms with E-state index < -0.39 is 0 Å². The minimum Gasteiger partial charge on any atom is -0.350 e. The number of halogens is 1. The number of carbonyl (C=O) groups excluding carboxylic acids is 1. The largest absolute Gasteiger partial charge is 0.350 e.